The second-order valence-corrected chi connectivity index (χ2v) is 7.00. The lowest BCUT2D eigenvalue weighted by molar-refractivity contribution is 0.0957. The van der Waals surface area contributed by atoms with Gasteiger partial charge in [-0.05, 0) is 17.7 Å². The predicted molar refractivity (Wildman–Crippen MR) is 116 cm³/mol. The van der Waals surface area contributed by atoms with Gasteiger partial charge < -0.3 is 10.6 Å². The number of nitrogens with zero attached hydrogens (tertiary/aromatic N) is 5. The molecule has 154 valence electrons. The fraction of sp³-hybridized carbons (Fsp3) is 0.238. The van der Waals surface area contributed by atoms with Gasteiger partial charge in [0.25, 0.3) is 5.91 Å². The summed E-state index contributed by atoms with van der Waals surface area (Å²) in [5, 5.41) is 0. The summed E-state index contributed by atoms with van der Waals surface area (Å²) in [7, 11) is 0. The first-order valence-corrected chi connectivity index (χ1v) is 9.80. The highest BCUT2D eigenvalue weighted by Crippen LogP contribution is 2.26. The highest BCUT2D eigenvalue weighted by Gasteiger charge is 2.21. The Balaban J connectivity index is 1.36. The summed E-state index contributed by atoms with van der Waals surface area (Å²) in [4.78, 5) is 29.2. The molecule has 1 aliphatic heterocycles. The number of rotatable bonds is 6. The maximum atomic E-state index is 12.2. The number of nitrogens with two attached hydrogens (primary N) is 1. The molecule has 9 heteroatoms. The van der Waals surface area contributed by atoms with Gasteiger partial charge in [-0.2, -0.15) is 0 Å². The quantitative estimate of drug-likeness (QED) is 0.530. The Morgan fingerprint density at radius 1 is 0.967 bits per heavy atom. The molecule has 1 aliphatic rings. The number of carbonyl (C=O) groups is 1. The highest BCUT2D eigenvalue weighted by atomic mass is 16.2. The van der Waals surface area contributed by atoms with Crippen LogP contribution in [0.25, 0.3) is 0 Å². The summed E-state index contributed by atoms with van der Waals surface area (Å²) in [5.41, 5.74) is 13.6. The van der Waals surface area contributed by atoms with Crippen LogP contribution in [0.2, 0.25) is 0 Å². The van der Waals surface area contributed by atoms with Crippen LogP contribution in [-0.4, -0.2) is 51.9 Å². The third-order valence-electron chi connectivity index (χ3n) is 4.98. The average Bonchev–Trinajstić information content (AvgIpc) is 2.80. The number of benzene rings is 1. The zero-order valence-electron chi connectivity index (χ0n) is 16.5. The van der Waals surface area contributed by atoms with Gasteiger partial charge in [-0.25, -0.2) is 9.97 Å². The SMILES string of the molecule is Nc1c(NNC(=O)c2ccccn2)ncnc1N1CCN(Cc2ccccc2)CC1. The second kappa shape index (κ2) is 9.19. The van der Waals surface area contributed by atoms with Gasteiger partial charge in [-0.3, -0.25) is 25.5 Å². The Morgan fingerprint density at radius 3 is 2.47 bits per heavy atom. The molecule has 1 amide bonds. The van der Waals surface area contributed by atoms with E-state index in [0.717, 1.165) is 32.7 Å². The summed E-state index contributed by atoms with van der Waals surface area (Å²) in [6, 6.07) is 15.6. The monoisotopic (exact) mass is 404 g/mol. The van der Waals surface area contributed by atoms with Crippen molar-refractivity contribution in [2.24, 2.45) is 0 Å². The van der Waals surface area contributed by atoms with Gasteiger partial charge in [0.1, 0.15) is 17.7 Å². The van der Waals surface area contributed by atoms with E-state index in [1.54, 1.807) is 24.4 Å². The summed E-state index contributed by atoms with van der Waals surface area (Å²) >= 11 is 0. The van der Waals surface area contributed by atoms with Crippen molar-refractivity contribution in [3.63, 3.8) is 0 Å². The number of hydrogen-bond donors (Lipinski definition) is 3. The molecule has 1 fully saturated rings. The largest absolute Gasteiger partial charge is 0.393 e. The second-order valence-electron chi connectivity index (χ2n) is 7.00. The van der Waals surface area contributed by atoms with Crippen molar-refractivity contribution in [1.29, 1.82) is 0 Å². The summed E-state index contributed by atoms with van der Waals surface area (Å²) in [6.45, 7) is 4.39. The number of carbonyl (C=O) groups excluding carboxylic acids is 1. The lowest BCUT2D eigenvalue weighted by atomic mass is 10.2. The van der Waals surface area contributed by atoms with Gasteiger partial charge in [0, 0.05) is 38.9 Å². The van der Waals surface area contributed by atoms with Crippen LogP contribution < -0.4 is 21.5 Å². The zero-order chi connectivity index (χ0) is 20.8. The van der Waals surface area contributed by atoms with Crippen LogP contribution in [0, 0.1) is 0 Å². The molecule has 1 saturated heterocycles. The van der Waals surface area contributed by atoms with Crippen molar-refractivity contribution in [2.75, 3.05) is 42.2 Å². The Hall–Kier alpha value is -3.72. The Labute approximate surface area is 174 Å². The molecule has 9 nitrogen and oxygen atoms in total. The average molecular weight is 404 g/mol. The molecule has 0 atom stereocenters. The van der Waals surface area contributed by atoms with Gasteiger partial charge in [0.05, 0.1) is 0 Å². The molecule has 3 heterocycles. The van der Waals surface area contributed by atoms with Crippen molar-refractivity contribution in [1.82, 2.24) is 25.3 Å². The summed E-state index contributed by atoms with van der Waals surface area (Å²) in [5.74, 6) is 0.652. The van der Waals surface area contributed by atoms with Crippen LogP contribution in [0.3, 0.4) is 0 Å². The van der Waals surface area contributed by atoms with Crippen LogP contribution in [0.4, 0.5) is 17.3 Å². The number of piperazine rings is 1. The fourth-order valence-corrected chi connectivity index (χ4v) is 3.37. The van der Waals surface area contributed by atoms with Crippen LogP contribution >= 0.6 is 0 Å². The highest BCUT2D eigenvalue weighted by molar-refractivity contribution is 5.93. The van der Waals surface area contributed by atoms with Crippen molar-refractivity contribution >= 4 is 23.2 Å². The Morgan fingerprint density at radius 2 is 1.73 bits per heavy atom. The van der Waals surface area contributed by atoms with Gasteiger partial charge in [-0.1, -0.05) is 36.4 Å². The Kier molecular flexibility index (Phi) is 6.00. The molecule has 0 bridgehead atoms. The number of nitrogen functional groups attached to an aromatic ring is 1. The Bertz CT molecular complexity index is 975. The minimum atomic E-state index is -0.371. The number of hydrazine groups is 1. The topological polar surface area (TPSA) is 112 Å². The van der Waals surface area contributed by atoms with E-state index in [1.165, 1.54) is 11.9 Å². The number of nitrogens with one attached hydrogen (secondary N) is 2. The first kappa shape index (κ1) is 19.6. The van der Waals surface area contributed by atoms with Crippen LogP contribution in [-0.2, 0) is 6.54 Å². The number of hydrogen-bond acceptors (Lipinski definition) is 8. The molecule has 4 rings (SSSR count). The molecule has 30 heavy (non-hydrogen) atoms. The summed E-state index contributed by atoms with van der Waals surface area (Å²) in [6.07, 6.45) is 3.00. The van der Waals surface area contributed by atoms with Gasteiger partial charge in [0.15, 0.2) is 11.6 Å². The van der Waals surface area contributed by atoms with Gasteiger partial charge >= 0.3 is 0 Å². The van der Waals surface area contributed by atoms with E-state index in [1.807, 2.05) is 6.07 Å². The van der Waals surface area contributed by atoms with E-state index >= 15 is 0 Å². The van der Waals surface area contributed by atoms with Crippen molar-refractivity contribution < 1.29 is 4.79 Å². The zero-order valence-corrected chi connectivity index (χ0v) is 16.5. The molecule has 2 aromatic heterocycles. The van der Waals surface area contributed by atoms with Crippen LogP contribution in [0.15, 0.2) is 61.1 Å². The van der Waals surface area contributed by atoms with Crippen molar-refractivity contribution in [2.45, 2.75) is 6.54 Å². The van der Waals surface area contributed by atoms with Gasteiger partial charge in [-0.15, -0.1) is 0 Å². The fourth-order valence-electron chi connectivity index (χ4n) is 3.37. The predicted octanol–water partition coefficient (Wildman–Crippen LogP) is 1.53. The van der Waals surface area contributed by atoms with Crippen molar-refractivity contribution in [3.05, 3.63) is 72.3 Å². The third-order valence-corrected chi connectivity index (χ3v) is 4.98. The molecule has 0 saturated carbocycles. The maximum absolute atomic E-state index is 12.2. The molecule has 0 radical (unpaired) electrons. The smallest absolute Gasteiger partial charge is 0.288 e. The molecule has 1 aromatic carbocycles. The number of pyridine rings is 1. The minimum absolute atomic E-state index is 0.299. The lowest BCUT2D eigenvalue weighted by Gasteiger charge is -2.36. The molecule has 0 spiro atoms. The lowest BCUT2D eigenvalue weighted by Crippen LogP contribution is -2.46. The maximum Gasteiger partial charge on any atom is 0.288 e. The normalized spacial score (nSPS) is 14.3. The van der Waals surface area contributed by atoms with Crippen molar-refractivity contribution in [3.8, 4) is 0 Å². The van der Waals surface area contributed by atoms with E-state index < -0.39 is 0 Å². The van der Waals surface area contributed by atoms with E-state index in [9.17, 15) is 4.79 Å². The van der Waals surface area contributed by atoms with Crippen LogP contribution in [0.1, 0.15) is 16.1 Å². The molecule has 4 N–H and O–H groups in total. The number of anilines is 3. The standard InChI is InChI=1S/C21H24N8O/c22-18-19(26-27-21(30)17-8-4-5-9-23-17)24-15-25-20(18)29-12-10-28(11-13-29)14-16-6-2-1-3-7-16/h1-9,15H,10-14,22H2,(H,27,30)(H,24,25,26). The molecular formula is C21H24N8O. The molecule has 0 aliphatic carbocycles. The third kappa shape index (κ3) is 4.64. The first-order valence-electron chi connectivity index (χ1n) is 9.80. The van der Waals surface area contributed by atoms with E-state index in [0.29, 0.717) is 23.0 Å². The van der Waals surface area contributed by atoms with Gasteiger partial charge in [0.2, 0.25) is 0 Å². The molecule has 0 unspecified atom stereocenters. The first-order chi connectivity index (χ1) is 14.7. The van der Waals surface area contributed by atoms with E-state index in [2.05, 4.69) is 59.9 Å². The van der Waals surface area contributed by atoms with E-state index in [4.69, 9.17) is 5.73 Å². The van der Waals surface area contributed by atoms with E-state index in [-0.39, 0.29) is 5.91 Å². The number of aromatic nitrogens is 3. The number of amides is 1. The van der Waals surface area contributed by atoms with Crippen LogP contribution in [0.5, 0.6) is 0 Å². The molecular weight excluding hydrogens is 380 g/mol. The minimum Gasteiger partial charge on any atom is -0.393 e. The summed E-state index contributed by atoms with van der Waals surface area (Å²) < 4.78 is 0. The molecule has 3 aromatic rings.